The highest BCUT2D eigenvalue weighted by Gasteiger charge is 2.47. The van der Waals surface area contributed by atoms with Crippen molar-refractivity contribution in [1.29, 1.82) is 0 Å². The van der Waals surface area contributed by atoms with Crippen LogP contribution >= 0.6 is 0 Å². The largest absolute Gasteiger partial charge is 0.497 e. The molecule has 2 N–H and O–H groups in total. The number of hydrogen-bond donors (Lipinski definition) is 1. The van der Waals surface area contributed by atoms with Crippen LogP contribution in [-0.2, 0) is 4.74 Å². The van der Waals surface area contributed by atoms with Gasteiger partial charge in [0.15, 0.2) is 0 Å². The van der Waals surface area contributed by atoms with Crippen molar-refractivity contribution in [2.75, 3.05) is 13.7 Å². The van der Waals surface area contributed by atoms with Gasteiger partial charge in [0, 0.05) is 0 Å². The van der Waals surface area contributed by atoms with Crippen molar-refractivity contribution >= 4 is 6.03 Å². The number of urea groups is 1. The van der Waals surface area contributed by atoms with Crippen LogP contribution in [0.25, 0.3) is 0 Å². The maximum atomic E-state index is 12.4. The molecular formula is C21H32N2O3. The second-order valence-corrected chi connectivity index (χ2v) is 8.21. The minimum Gasteiger partial charge on any atom is -0.497 e. The fourth-order valence-electron chi connectivity index (χ4n) is 4.63. The summed E-state index contributed by atoms with van der Waals surface area (Å²) in [5, 5.41) is 0. The molecule has 1 saturated heterocycles. The summed E-state index contributed by atoms with van der Waals surface area (Å²) in [6.07, 6.45) is 7.54. The van der Waals surface area contributed by atoms with Gasteiger partial charge in [-0.1, -0.05) is 44.2 Å². The average molecular weight is 360 g/mol. The molecule has 3 rings (SSSR count). The average Bonchev–Trinajstić information content (AvgIpc) is 2.63. The minimum absolute atomic E-state index is 0.0209. The maximum Gasteiger partial charge on any atom is 0.315 e. The second-order valence-electron chi connectivity index (χ2n) is 8.21. The molecule has 1 aliphatic carbocycles. The summed E-state index contributed by atoms with van der Waals surface area (Å²) in [4.78, 5) is 14.2. The van der Waals surface area contributed by atoms with Crippen LogP contribution < -0.4 is 10.5 Å². The number of primary amides is 1. The number of morpholine rings is 1. The molecule has 1 aliphatic heterocycles. The first-order valence-corrected chi connectivity index (χ1v) is 9.77. The van der Waals surface area contributed by atoms with Gasteiger partial charge in [-0.2, -0.15) is 0 Å². The summed E-state index contributed by atoms with van der Waals surface area (Å²) < 4.78 is 11.6. The zero-order valence-corrected chi connectivity index (χ0v) is 16.2. The van der Waals surface area contributed by atoms with E-state index in [9.17, 15) is 4.79 Å². The van der Waals surface area contributed by atoms with Gasteiger partial charge in [-0.05, 0) is 43.9 Å². The van der Waals surface area contributed by atoms with E-state index < -0.39 is 5.54 Å². The number of nitrogens with zero attached hydrogens (tertiary/aromatic N) is 1. The molecule has 1 saturated carbocycles. The predicted molar refractivity (Wildman–Crippen MR) is 102 cm³/mol. The van der Waals surface area contributed by atoms with Crippen molar-refractivity contribution in [3.05, 3.63) is 29.8 Å². The van der Waals surface area contributed by atoms with Crippen molar-refractivity contribution < 1.29 is 14.3 Å². The molecule has 2 fully saturated rings. The van der Waals surface area contributed by atoms with Crippen LogP contribution in [0.1, 0.15) is 64.0 Å². The number of methoxy groups -OCH3 is 1. The molecule has 1 heterocycles. The van der Waals surface area contributed by atoms with E-state index in [-0.39, 0.29) is 18.2 Å². The number of hydrogen-bond acceptors (Lipinski definition) is 3. The van der Waals surface area contributed by atoms with E-state index >= 15 is 0 Å². The standard InChI is InChI=1S/C21H32N2O3/c1-21(2)19(13-15-7-5-4-6-8-15)26-14-18(23(21)20(22)24)16-9-11-17(25-3)12-10-16/h9-12,15,18-19H,4-8,13-14H2,1-3H3,(H2,22,24). The summed E-state index contributed by atoms with van der Waals surface area (Å²) in [5.74, 6) is 1.49. The third kappa shape index (κ3) is 3.83. The van der Waals surface area contributed by atoms with Gasteiger partial charge in [-0.25, -0.2) is 4.79 Å². The molecule has 0 spiro atoms. The lowest BCUT2D eigenvalue weighted by Gasteiger charge is -2.52. The smallest absolute Gasteiger partial charge is 0.315 e. The van der Waals surface area contributed by atoms with Gasteiger partial charge in [0.25, 0.3) is 0 Å². The van der Waals surface area contributed by atoms with Crippen molar-refractivity contribution in [2.24, 2.45) is 11.7 Å². The zero-order chi connectivity index (χ0) is 18.7. The van der Waals surface area contributed by atoms with Crippen LogP contribution in [-0.4, -0.2) is 36.3 Å². The monoisotopic (exact) mass is 360 g/mol. The molecule has 1 aromatic carbocycles. The van der Waals surface area contributed by atoms with Crippen molar-refractivity contribution in [1.82, 2.24) is 4.90 Å². The van der Waals surface area contributed by atoms with E-state index in [1.54, 1.807) is 7.11 Å². The van der Waals surface area contributed by atoms with E-state index in [0.717, 1.165) is 17.7 Å². The highest BCUT2D eigenvalue weighted by Crippen LogP contribution is 2.41. The van der Waals surface area contributed by atoms with Gasteiger partial charge >= 0.3 is 6.03 Å². The topological polar surface area (TPSA) is 64.8 Å². The summed E-state index contributed by atoms with van der Waals surface area (Å²) in [6.45, 7) is 4.65. The van der Waals surface area contributed by atoms with Crippen molar-refractivity contribution in [3.63, 3.8) is 0 Å². The Bertz CT molecular complexity index is 608. The highest BCUT2D eigenvalue weighted by molar-refractivity contribution is 5.74. The van der Waals surface area contributed by atoms with Crippen LogP contribution in [0.5, 0.6) is 5.75 Å². The number of carbonyl (C=O) groups is 1. The van der Waals surface area contributed by atoms with Gasteiger partial charge in [0.05, 0.1) is 31.4 Å². The highest BCUT2D eigenvalue weighted by atomic mass is 16.5. The van der Waals surface area contributed by atoms with Crippen LogP contribution in [0, 0.1) is 5.92 Å². The number of carbonyl (C=O) groups excluding carboxylic acids is 1. The Balaban J connectivity index is 1.80. The van der Waals surface area contributed by atoms with Crippen LogP contribution in [0.3, 0.4) is 0 Å². The van der Waals surface area contributed by atoms with Gasteiger partial charge in [0.2, 0.25) is 0 Å². The summed E-state index contributed by atoms with van der Waals surface area (Å²) in [6, 6.07) is 7.25. The molecule has 0 aromatic heterocycles. The van der Waals surface area contributed by atoms with E-state index in [1.807, 2.05) is 29.2 Å². The third-order valence-corrected chi connectivity index (χ3v) is 6.19. The number of benzene rings is 1. The van der Waals surface area contributed by atoms with E-state index in [4.69, 9.17) is 15.2 Å². The van der Waals surface area contributed by atoms with Crippen LogP contribution in [0.15, 0.2) is 24.3 Å². The quantitative estimate of drug-likeness (QED) is 0.872. The van der Waals surface area contributed by atoms with E-state index in [0.29, 0.717) is 12.5 Å². The Morgan fingerprint density at radius 2 is 1.88 bits per heavy atom. The molecule has 26 heavy (non-hydrogen) atoms. The number of rotatable bonds is 4. The molecule has 5 heteroatoms. The first-order chi connectivity index (χ1) is 12.4. The minimum atomic E-state index is -0.438. The number of nitrogens with two attached hydrogens (primary N) is 1. The molecule has 2 atom stereocenters. The lowest BCUT2D eigenvalue weighted by Crippen LogP contribution is -2.63. The van der Waals surface area contributed by atoms with Crippen molar-refractivity contribution in [3.8, 4) is 5.75 Å². The van der Waals surface area contributed by atoms with Gasteiger partial charge in [-0.3, -0.25) is 0 Å². The Hall–Kier alpha value is -1.75. The number of amides is 2. The normalized spacial score (nSPS) is 26.5. The molecule has 0 radical (unpaired) electrons. The fourth-order valence-corrected chi connectivity index (χ4v) is 4.63. The first kappa shape index (κ1) is 19.0. The predicted octanol–water partition coefficient (Wildman–Crippen LogP) is 4.26. The summed E-state index contributed by atoms with van der Waals surface area (Å²) in [7, 11) is 1.65. The van der Waals surface area contributed by atoms with Crippen LogP contribution in [0.2, 0.25) is 0 Å². The first-order valence-electron chi connectivity index (χ1n) is 9.77. The molecule has 2 amide bonds. The fraction of sp³-hybridized carbons (Fsp3) is 0.667. The molecule has 0 bridgehead atoms. The summed E-state index contributed by atoms with van der Waals surface area (Å²) >= 11 is 0. The Morgan fingerprint density at radius 1 is 1.23 bits per heavy atom. The summed E-state index contributed by atoms with van der Waals surface area (Å²) in [5.41, 5.74) is 6.41. The Labute approximate surface area is 156 Å². The van der Waals surface area contributed by atoms with Gasteiger partial charge in [-0.15, -0.1) is 0 Å². The molecule has 144 valence electrons. The Morgan fingerprint density at radius 3 is 2.46 bits per heavy atom. The molecule has 1 aromatic rings. The van der Waals surface area contributed by atoms with Crippen molar-refractivity contribution in [2.45, 2.75) is 70.1 Å². The molecule has 5 nitrogen and oxygen atoms in total. The zero-order valence-electron chi connectivity index (χ0n) is 16.2. The van der Waals surface area contributed by atoms with E-state index in [2.05, 4.69) is 13.8 Å². The SMILES string of the molecule is COc1ccc(C2COC(CC3CCCCC3)C(C)(C)N2C(N)=O)cc1. The Kier molecular flexibility index (Phi) is 5.76. The lowest BCUT2D eigenvalue weighted by molar-refractivity contribution is -0.130. The number of ether oxygens (including phenoxy) is 2. The molecule has 2 aliphatic rings. The van der Waals surface area contributed by atoms with Crippen LogP contribution in [0.4, 0.5) is 4.79 Å². The molecule has 2 unspecified atom stereocenters. The third-order valence-electron chi connectivity index (χ3n) is 6.19. The van der Waals surface area contributed by atoms with Gasteiger partial charge < -0.3 is 20.1 Å². The van der Waals surface area contributed by atoms with Gasteiger partial charge in [0.1, 0.15) is 5.75 Å². The lowest BCUT2D eigenvalue weighted by atomic mass is 9.79. The second kappa shape index (κ2) is 7.87. The molecular weight excluding hydrogens is 328 g/mol. The van der Waals surface area contributed by atoms with E-state index in [1.165, 1.54) is 32.1 Å². The maximum absolute atomic E-state index is 12.4.